The molecule has 0 aliphatic carbocycles. The van der Waals surface area contributed by atoms with Gasteiger partial charge in [0.25, 0.3) is 0 Å². The minimum Gasteiger partial charge on any atom is -0.362 e. The first-order valence-electron chi connectivity index (χ1n) is 7.50. The van der Waals surface area contributed by atoms with Crippen molar-refractivity contribution in [3.63, 3.8) is 0 Å². The molecule has 1 amide bonds. The van der Waals surface area contributed by atoms with Gasteiger partial charge in [0.05, 0.1) is 6.54 Å². The lowest BCUT2D eigenvalue weighted by atomic mass is 9.97. The number of hydrogen-bond donors (Lipinski definition) is 2. The van der Waals surface area contributed by atoms with Gasteiger partial charge in [0.1, 0.15) is 0 Å². The highest BCUT2D eigenvalue weighted by atomic mass is 16.2. The maximum Gasteiger partial charge on any atom is 0.239 e. The molecule has 110 valence electrons. The zero-order valence-electron chi connectivity index (χ0n) is 12.4. The van der Waals surface area contributed by atoms with E-state index in [0.717, 1.165) is 37.1 Å². The molecule has 2 rings (SSSR count). The van der Waals surface area contributed by atoms with Gasteiger partial charge in [-0.25, -0.2) is 0 Å². The zero-order chi connectivity index (χ0) is 14.5. The Kier molecular flexibility index (Phi) is 5.01. The summed E-state index contributed by atoms with van der Waals surface area (Å²) in [5, 5.41) is 3.06. The van der Waals surface area contributed by atoms with Crippen molar-refractivity contribution in [1.82, 2.24) is 5.32 Å². The summed E-state index contributed by atoms with van der Waals surface area (Å²) in [5.74, 6) is 0.0937. The Hall–Kier alpha value is -1.55. The van der Waals surface area contributed by atoms with E-state index < -0.39 is 0 Å². The Morgan fingerprint density at radius 1 is 1.50 bits per heavy atom. The van der Waals surface area contributed by atoms with E-state index in [-0.39, 0.29) is 18.0 Å². The normalized spacial score (nSPS) is 19.4. The molecular formula is C16H25N3O. The van der Waals surface area contributed by atoms with Gasteiger partial charge in [-0.15, -0.1) is 0 Å². The van der Waals surface area contributed by atoms with Gasteiger partial charge in [-0.3, -0.25) is 4.79 Å². The fraction of sp³-hybridized carbons (Fsp3) is 0.562. The SMILES string of the molecule is CCCC(C)NC(=O)CN1CCC(N)c2ccccc21. The third-order valence-corrected chi connectivity index (χ3v) is 3.85. The number of nitrogens with zero attached hydrogens (tertiary/aromatic N) is 1. The molecule has 2 atom stereocenters. The van der Waals surface area contributed by atoms with E-state index in [9.17, 15) is 4.79 Å². The van der Waals surface area contributed by atoms with E-state index in [1.165, 1.54) is 0 Å². The summed E-state index contributed by atoms with van der Waals surface area (Å²) in [5.41, 5.74) is 8.38. The predicted molar refractivity (Wildman–Crippen MR) is 82.7 cm³/mol. The number of carbonyl (C=O) groups excluding carboxylic acids is 1. The average molecular weight is 275 g/mol. The molecule has 20 heavy (non-hydrogen) atoms. The lowest BCUT2D eigenvalue weighted by molar-refractivity contribution is -0.120. The zero-order valence-corrected chi connectivity index (χ0v) is 12.4. The first-order chi connectivity index (χ1) is 9.61. The Balaban J connectivity index is 2.00. The summed E-state index contributed by atoms with van der Waals surface area (Å²) >= 11 is 0. The van der Waals surface area contributed by atoms with Gasteiger partial charge in [-0.1, -0.05) is 31.5 Å². The third kappa shape index (κ3) is 3.51. The molecule has 0 aromatic heterocycles. The van der Waals surface area contributed by atoms with E-state index in [1.54, 1.807) is 0 Å². The maximum absolute atomic E-state index is 12.1. The summed E-state index contributed by atoms with van der Waals surface area (Å²) in [6, 6.07) is 8.45. The molecule has 3 N–H and O–H groups in total. The summed E-state index contributed by atoms with van der Waals surface area (Å²) in [6.07, 6.45) is 3.00. The summed E-state index contributed by atoms with van der Waals surface area (Å²) in [7, 11) is 0. The van der Waals surface area contributed by atoms with Crippen LogP contribution in [0.5, 0.6) is 0 Å². The molecule has 1 aliphatic rings. The van der Waals surface area contributed by atoms with Gasteiger partial charge in [0.2, 0.25) is 5.91 Å². The highest BCUT2D eigenvalue weighted by molar-refractivity contribution is 5.82. The maximum atomic E-state index is 12.1. The van der Waals surface area contributed by atoms with Gasteiger partial charge in [-0.05, 0) is 31.4 Å². The van der Waals surface area contributed by atoms with Crippen LogP contribution in [-0.4, -0.2) is 25.0 Å². The van der Waals surface area contributed by atoms with Crippen molar-refractivity contribution < 1.29 is 4.79 Å². The Morgan fingerprint density at radius 3 is 3.00 bits per heavy atom. The van der Waals surface area contributed by atoms with Crippen LogP contribution in [0.3, 0.4) is 0 Å². The van der Waals surface area contributed by atoms with Crippen molar-refractivity contribution in [3.05, 3.63) is 29.8 Å². The van der Waals surface area contributed by atoms with Gasteiger partial charge < -0.3 is 16.0 Å². The van der Waals surface area contributed by atoms with Crippen LogP contribution in [0.1, 0.15) is 44.7 Å². The number of rotatable bonds is 5. The minimum atomic E-state index is 0.0875. The number of fused-ring (bicyclic) bond motifs is 1. The number of hydrogen-bond acceptors (Lipinski definition) is 3. The first-order valence-corrected chi connectivity index (χ1v) is 7.50. The quantitative estimate of drug-likeness (QED) is 0.866. The van der Waals surface area contributed by atoms with E-state index in [4.69, 9.17) is 5.73 Å². The highest BCUT2D eigenvalue weighted by Crippen LogP contribution is 2.31. The monoisotopic (exact) mass is 275 g/mol. The largest absolute Gasteiger partial charge is 0.362 e. The van der Waals surface area contributed by atoms with Crippen LogP contribution in [0.2, 0.25) is 0 Å². The van der Waals surface area contributed by atoms with Crippen LogP contribution in [0.15, 0.2) is 24.3 Å². The van der Waals surface area contributed by atoms with E-state index in [1.807, 2.05) is 12.1 Å². The fourth-order valence-corrected chi connectivity index (χ4v) is 2.82. The lowest BCUT2D eigenvalue weighted by Gasteiger charge is -2.34. The number of nitrogens with two attached hydrogens (primary N) is 1. The molecule has 0 spiro atoms. The molecule has 1 aromatic carbocycles. The van der Waals surface area contributed by atoms with E-state index in [0.29, 0.717) is 6.54 Å². The summed E-state index contributed by atoms with van der Waals surface area (Å²) < 4.78 is 0. The van der Waals surface area contributed by atoms with Crippen LogP contribution >= 0.6 is 0 Å². The standard InChI is InChI=1S/C16H25N3O/c1-3-6-12(2)18-16(20)11-19-10-9-14(17)13-7-4-5-8-15(13)19/h4-5,7-8,12,14H,3,6,9-11,17H2,1-2H3,(H,18,20). The molecule has 0 saturated carbocycles. The Morgan fingerprint density at radius 2 is 2.25 bits per heavy atom. The molecule has 0 bridgehead atoms. The molecule has 4 heteroatoms. The minimum absolute atomic E-state index is 0.0875. The molecule has 0 radical (unpaired) electrons. The van der Waals surface area contributed by atoms with Gasteiger partial charge in [0.15, 0.2) is 0 Å². The van der Waals surface area contributed by atoms with Crippen LogP contribution in [0.25, 0.3) is 0 Å². The number of carbonyl (C=O) groups is 1. The van der Waals surface area contributed by atoms with Crippen LogP contribution in [0, 0.1) is 0 Å². The molecular weight excluding hydrogens is 250 g/mol. The number of amides is 1. The van der Waals surface area contributed by atoms with Gasteiger partial charge in [0, 0.05) is 24.3 Å². The smallest absolute Gasteiger partial charge is 0.239 e. The van der Waals surface area contributed by atoms with Crippen LogP contribution < -0.4 is 16.0 Å². The third-order valence-electron chi connectivity index (χ3n) is 3.85. The molecule has 2 unspecified atom stereocenters. The molecule has 0 saturated heterocycles. The first kappa shape index (κ1) is 14.9. The predicted octanol–water partition coefficient (Wildman–Crippen LogP) is 2.20. The van der Waals surface area contributed by atoms with Crippen molar-refractivity contribution in [1.29, 1.82) is 0 Å². The van der Waals surface area contributed by atoms with Crippen LogP contribution in [0.4, 0.5) is 5.69 Å². The van der Waals surface area contributed by atoms with Crippen molar-refractivity contribution in [3.8, 4) is 0 Å². The molecule has 4 nitrogen and oxygen atoms in total. The second-order valence-electron chi connectivity index (χ2n) is 5.63. The molecule has 1 aromatic rings. The Bertz CT molecular complexity index is 461. The van der Waals surface area contributed by atoms with Gasteiger partial charge >= 0.3 is 0 Å². The van der Waals surface area contributed by atoms with Crippen LogP contribution in [-0.2, 0) is 4.79 Å². The number of anilines is 1. The average Bonchev–Trinajstić information content (AvgIpc) is 2.42. The van der Waals surface area contributed by atoms with Crippen molar-refractivity contribution in [2.24, 2.45) is 5.73 Å². The second-order valence-corrected chi connectivity index (χ2v) is 5.63. The topological polar surface area (TPSA) is 58.4 Å². The number of nitrogens with one attached hydrogen (secondary N) is 1. The summed E-state index contributed by atoms with van der Waals surface area (Å²) in [6.45, 7) is 5.44. The summed E-state index contributed by atoms with van der Waals surface area (Å²) in [4.78, 5) is 14.2. The van der Waals surface area contributed by atoms with E-state index >= 15 is 0 Å². The molecule has 1 heterocycles. The van der Waals surface area contributed by atoms with Crippen molar-refractivity contribution >= 4 is 11.6 Å². The van der Waals surface area contributed by atoms with Gasteiger partial charge in [-0.2, -0.15) is 0 Å². The molecule has 0 fully saturated rings. The Labute approximate surface area is 121 Å². The van der Waals surface area contributed by atoms with E-state index in [2.05, 4.69) is 36.2 Å². The number of para-hydroxylation sites is 1. The molecule has 1 aliphatic heterocycles. The van der Waals surface area contributed by atoms with Crippen molar-refractivity contribution in [2.45, 2.75) is 45.2 Å². The lowest BCUT2D eigenvalue weighted by Crippen LogP contribution is -2.43. The second kappa shape index (κ2) is 6.75. The van der Waals surface area contributed by atoms with Crippen molar-refractivity contribution in [2.75, 3.05) is 18.0 Å². The fourth-order valence-electron chi connectivity index (χ4n) is 2.82. The number of benzene rings is 1. The highest BCUT2D eigenvalue weighted by Gasteiger charge is 2.23.